The third kappa shape index (κ3) is 3.25. The molecule has 0 bridgehead atoms. The molecule has 1 aromatic carbocycles. The number of para-hydroxylation sites is 1. The maximum absolute atomic E-state index is 12.6. The average molecular weight is 323 g/mol. The Morgan fingerprint density at radius 1 is 1.45 bits per heavy atom. The fraction of sp³-hybridized carbons (Fsp3) is 0.500. The van der Waals surface area contributed by atoms with Gasteiger partial charge in [0.05, 0.1) is 17.6 Å². The zero-order valence-corrected chi connectivity index (χ0v) is 13.6. The van der Waals surface area contributed by atoms with Crippen molar-refractivity contribution in [3.05, 3.63) is 30.0 Å². The van der Waals surface area contributed by atoms with Crippen LogP contribution in [-0.2, 0) is 11.2 Å². The Hall–Kier alpha value is -1.59. The number of carbonyl (C=O) groups excluding carboxylic acids is 1. The second-order valence-electron chi connectivity index (χ2n) is 6.00. The van der Waals surface area contributed by atoms with Gasteiger partial charge in [-0.1, -0.05) is 25.1 Å². The fourth-order valence-electron chi connectivity index (χ4n) is 3.21. The summed E-state index contributed by atoms with van der Waals surface area (Å²) in [6.45, 7) is 3.58. The molecule has 3 rings (SSSR count). The normalized spacial score (nSPS) is 21.6. The third-order valence-corrected chi connectivity index (χ3v) is 4.44. The number of carbonyl (C=O) groups is 1. The Labute approximate surface area is 136 Å². The molecular formula is C16H23ClN4O. The molecule has 2 unspecified atom stereocenters. The van der Waals surface area contributed by atoms with Crippen molar-refractivity contribution in [3.8, 4) is 0 Å². The second kappa shape index (κ2) is 7.11. The lowest BCUT2D eigenvalue weighted by Crippen LogP contribution is -2.49. The fourth-order valence-corrected chi connectivity index (χ4v) is 3.21. The van der Waals surface area contributed by atoms with E-state index >= 15 is 0 Å². The van der Waals surface area contributed by atoms with Gasteiger partial charge in [0.15, 0.2) is 0 Å². The number of likely N-dealkylation sites (tertiary alicyclic amines) is 1. The van der Waals surface area contributed by atoms with Crippen molar-refractivity contribution in [3.63, 3.8) is 0 Å². The predicted octanol–water partition coefficient (Wildman–Crippen LogP) is 2.11. The Bertz CT molecular complexity index is 642. The zero-order valence-electron chi connectivity index (χ0n) is 12.8. The lowest BCUT2D eigenvalue weighted by Gasteiger charge is -2.38. The quantitative estimate of drug-likeness (QED) is 0.908. The molecule has 1 fully saturated rings. The van der Waals surface area contributed by atoms with Crippen LogP contribution in [0.5, 0.6) is 0 Å². The molecule has 1 amide bonds. The molecule has 1 aliphatic rings. The molecule has 6 heteroatoms. The zero-order chi connectivity index (χ0) is 14.8. The highest BCUT2D eigenvalue weighted by Crippen LogP contribution is 2.23. The first-order valence-electron chi connectivity index (χ1n) is 7.60. The van der Waals surface area contributed by atoms with Gasteiger partial charge in [0.2, 0.25) is 5.91 Å². The van der Waals surface area contributed by atoms with Gasteiger partial charge in [-0.2, -0.15) is 5.10 Å². The Kier molecular flexibility index (Phi) is 5.42. The van der Waals surface area contributed by atoms with Crippen molar-refractivity contribution in [2.75, 3.05) is 13.1 Å². The van der Waals surface area contributed by atoms with Gasteiger partial charge in [0.1, 0.15) is 0 Å². The van der Waals surface area contributed by atoms with Crippen LogP contribution in [0.1, 0.15) is 25.5 Å². The van der Waals surface area contributed by atoms with E-state index in [2.05, 4.69) is 17.1 Å². The molecule has 120 valence electrons. The summed E-state index contributed by atoms with van der Waals surface area (Å²) in [5.41, 5.74) is 7.64. The van der Waals surface area contributed by atoms with E-state index in [1.165, 1.54) is 0 Å². The summed E-state index contributed by atoms with van der Waals surface area (Å²) in [6.07, 6.45) is 2.43. The average Bonchev–Trinajstić information content (AvgIpc) is 2.90. The number of hydrogen-bond donors (Lipinski definition) is 2. The van der Waals surface area contributed by atoms with Gasteiger partial charge in [-0.3, -0.25) is 9.89 Å². The van der Waals surface area contributed by atoms with E-state index in [0.717, 1.165) is 36.0 Å². The number of fused-ring (bicyclic) bond motifs is 1. The maximum Gasteiger partial charge on any atom is 0.228 e. The van der Waals surface area contributed by atoms with Gasteiger partial charge in [-0.15, -0.1) is 12.4 Å². The number of amides is 1. The van der Waals surface area contributed by atoms with Gasteiger partial charge in [-0.25, -0.2) is 0 Å². The minimum absolute atomic E-state index is 0. The monoisotopic (exact) mass is 322 g/mol. The summed E-state index contributed by atoms with van der Waals surface area (Å²) in [6, 6.07) is 8.04. The smallest absolute Gasteiger partial charge is 0.228 e. The van der Waals surface area contributed by atoms with E-state index in [-0.39, 0.29) is 24.4 Å². The first-order valence-corrected chi connectivity index (χ1v) is 7.60. The summed E-state index contributed by atoms with van der Waals surface area (Å²) < 4.78 is 0. The maximum atomic E-state index is 12.6. The molecule has 1 aromatic heterocycles. The van der Waals surface area contributed by atoms with Crippen molar-refractivity contribution in [2.45, 2.75) is 32.2 Å². The first kappa shape index (κ1) is 16.8. The molecule has 0 saturated carbocycles. The van der Waals surface area contributed by atoms with Crippen LogP contribution >= 0.6 is 12.4 Å². The molecule has 22 heavy (non-hydrogen) atoms. The van der Waals surface area contributed by atoms with Crippen molar-refractivity contribution >= 4 is 29.2 Å². The Balaban J connectivity index is 0.00000176. The van der Waals surface area contributed by atoms with Crippen LogP contribution in [0.15, 0.2) is 24.3 Å². The van der Waals surface area contributed by atoms with Gasteiger partial charge < -0.3 is 10.6 Å². The van der Waals surface area contributed by atoms with Crippen LogP contribution in [0.4, 0.5) is 0 Å². The van der Waals surface area contributed by atoms with E-state index in [0.29, 0.717) is 18.9 Å². The molecule has 0 radical (unpaired) electrons. The number of halogens is 1. The molecule has 2 heterocycles. The molecule has 2 aromatic rings. The number of benzene rings is 1. The van der Waals surface area contributed by atoms with E-state index in [1.54, 1.807) is 0 Å². The summed E-state index contributed by atoms with van der Waals surface area (Å²) in [7, 11) is 0. The Morgan fingerprint density at radius 2 is 2.23 bits per heavy atom. The third-order valence-electron chi connectivity index (χ3n) is 4.44. The number of nitrogens with one attached hydrogen (secondary N) is 1. The van der Waals surface area contributed by atoms with Crippen LogP contribution in [0, 0.1) is 5.92 Å². The van der Waals surface area contributed by atoms with Gasteiger partial charge in [0, 0.05) is 24.5 Å². The number of piperidine rings is 1. The van der Waals surface area contributed by atoms with E-state index in [9.17, 15) is 4.79 Å². The molecule has 1 saturated heterocycles. The van der Waals surface area contributed by atoms with Gasteiger partial charge >= 0.3 is 0 Å². The number of rotatable bonds is 3. The minimum Gasteiger partial charge on any atom is -0.338 e. The van der Waals surface area contributed by atoms with Gasteiger partial charge in [0.25, 0.3) is 0 Å². The summed E-state index contributed by atoms with van der Waals surface area (Å²) >= 11 is 0. The molecule has 1 aliphatic heterocycles. The first-order chi connectivity index (χ1) is 10.2. The SMILES string of the molecule is CC1CCN(C(=O)Cc2[nH]nc3ccccc23)C(CN)C1.Cl. The number of nitrogens with two attached hydrogens (primary N) is 1. The van der Waals surface area contributed by atoms with Crippen LogP contribution in [0.3, 0.4) is 0 Å². The number of nitrogens with zero attached hydrogens (tertiary/aromatic N) is 2. The molecule has 0 aliphatic carbocycles. The highest BCUT2D eigenvalue weighted by molar-refractivity contribution is 5.87. The highest BCUT2D eigenvalue weighted by Gasteiger charge is 2.29. The topological polar surface area (TPSA) is 75.0 Å². The van der Waals surface area contributed by atoms with Gasteiger partial charge in [-0.05, 0) is 24.8 Å². The number of aromatic amines is 1. The van der Waals surface area contributed by atoms with Crippen molar-refractivity contribution in [2.24, 2.45) is 11.7 Å². The lowest BCUT2D eigenvalue weighted by atomic mass is 9.92. The number of H-pyrrole nitrogens is 1. The van der Waals surface area contributed by atoms with E-state index in [1.807, 2.05) is 29.2 Å². The van der Waals surface area contributed by atoms with Crippen molar-refractivity contribution < 1.29 is 4.79 Å². The summed E-state index contributed by atoms with van der Waals surface area (Å²) in [4.78, 5) is 14.6. The molecule has 0 spiro atoms. The molecular weight excluding hydrogens is 300 g/mol. The molecule has 3 N–H and O–H groups in total. The van der Waals surface area contributed by atoms with Crippen molar-refractivity contribution in [1.29, 1.82) is 0 Å². The minimum atomic E-state index is 0. The van der Waals surface area contributed by atoms with Crippen LogP contribution in [-0.4, -0.2) is 40.1 Å². The standard InChI is InChI=1S/C16H22N4O.ClH/c1-11-6-7-20(12(8-11)10-17)16(21)9-15-13-4-2-3-5-14(13)18-19-15;/h2-5,11-12H,6-10,17H2,1H3,(H,18,19);1H. The largest absolute Gasteiger partial charge is 0.338 e. The number of hydrogen-bond acceptors (Lipinski definition) is 3. The second-order valence-corrected chi connectivity index (χ2v) is 6.00. The van der Waals surface area contributed by atoms with E-state index in [4.69, 9.17) is 5.73 Å². The Morgan fingerprint density at radius 3 is 3.00 bits per heavy atom. The van der Waals surface area contributed by atoms with E-state index < -0.39 is 0 Å². The highest BCUT2D eigenvalue weighted by atomic mass is 35.5. The van der Waals surface area contributed by atoms with Crippen molar-refractivity contribution in [1.82, 2.24) is 15.1 Å². The molecule has 5 nitrogen and oxygen atoms in total. The summed E-state index contributed by atoms with van der Waals surface area (Å²) in [5.74, 6) is 0.794. The summed E-state index contributed by atoms with van der Waals surface area (Å²) in [5, 5.41) is 8.27. The lowest BCUT2D eigenvalue weighted by molar-refractivity contribution is -0.134. The number of aromatic nitrogens is 2. The molecule has 2 atom stereocenters. The predicted molar refractivity (Wildman–Crippen MR) is 90.0 cm³/mol. The van der Waals surface area contributed by atoms with Crippen LogP contribution in [0.2, 0.25) is 0 Å². The van der Waals surface area contributed by atoms with Crippen LogP contribution < -0.4 is 5.73 Å². The van der Waals surface area contributed by atoms with Crippen LogP contribution in [0.25, 0.3) is 10.9 Å².